The fraction of sp³-hybridized carbons (Fsp3) is 0.222. The van der Waals surface area contributed by atoms with E-state index in [0.29, 0.717) is 12.0 Å². The highest BCUT2D eigenvalue weighted by molar-refractivity contribution is 7.98. The van der Waals surface area contributed by atoms with Crippen molar-refractivity contribution in [2.75, 3.05) is 6.26 Å². The Labute approximate surface area is 134 Å². The minimum absolute atomic E-state index is 0.108. The summed E-state index contributed by atoms with van der Waals surface area (Å²) in [7, 11) is 0. The number of carbonyl (C=O) groups excluding carboxylic acids is 1. The molecular weight excluding hydrogens is 294 g/mol. The van der Waals surface area contributed by atoms with Crippen LogP contribution in [0.5, 0.6) is 5.75 Å². The van der Waals surface area contributed by atoms with Crippen molar-refractivity contribution in [2.24, 2.45) is 0 Å². The molecule has 0 atom stereocenters. The molecule has 0 saturated carbocycles. The molecule has 1 aromatic carbocycles. The smallest absolute Gasteiger partial charge is 0.184 e. The molecule has 0 aliphatic heterocycles. The molecule has 0 amide bonds. The monoisotopic (exact) mass is 311 g/mol. The molecule has 0 radical (unpaired) electrons. The van der Waals surface area contributed by atoms with E-state index in [1.165, 1.54) is 17.2 Å². The highest BCUT2D eigenvalue weighted by Crippen LogP contribution is 2.18. The lowest BCUT2D eigenvalue weighted by Gasteiger charge is -2.02. The van der Waals surface area contributed by atoms with Crippen molar-refractivity contribution < 1.29 is 9.90 Å². The van der Waals surface area contributed by atoms with E-state index in [9.17, 15) is 9.90 Å². The summed E-state index contributed by atoms with van der Waals surface area (Å²) >= 11 is 1.68. The molecule has 112 valence electrons. The first kappa shape index (κ1) is 16.1. The van der Waals surface area contributed by atoms with E-state index in [4.69, 9.17) is 0 Å². The summed E-state index contributed by atoms with van der Waals surface area (Å²) in [6, 6.07) is 9.41. The second-order valence-corrected chi connectivity index (χ2v) is 5.62. The van der Waals surface area contributed by atoms with Gasteiger partial charge in [0.15, 0.2) is 5.78 Å². The first-order valence-corrected chi connectivity index (χ1v) is 8.24. The number of thioether (sulfide) groups is 1. The van der Waals surface area contributed by atoms with Gasteiger partial charge >= 0.3 is 0 Å². The van der Waals surface area contributed by atoms with Crippen LogP contribution in [0.3, 0.4) is 0 Å². The number of aromatic nitrogens is 1. The minimum atomic E-state index is -0.146. The number of pyridine rings is 1. The predicted molar refractivity (Wildman–Crippen MR) is 89.3 cm³/mol. The highest BCUT2D eigenvalue weighted by atomic mass is 32.2. The molecule has 0 aliphatic carbocycles. The zero-order chi connectivity index (χ0) is 15.9. The van der Waals surface area contributed by atoms with Crippen molar-refractivity contribution in [3.05, 3.63) is 53.3 Å². The van der Waals surface area contributed by atoms with Crippen LogP contribution < -0.4 is 0 Å². The van der Waals surface area contributed by atoms with Gasteiger partial charge in [0.1, 0.15) is 11.4 Å². The molecular formula is C18H17NO2S. The third kappa shape index (κ3) is 4.12. The first-order valence-electron chi connectivity index (χ1n) is 7.02. The summed E-state index contributed by atoms with van der Waals surface area (Å²) in [6.45, 7) is 1.91. The number of ketones is 1. The molecule has 1 aromatic heterocycles. The zero-order valence-corrected chi connectivity index (χ0v) is 13.4. The number of hydrogen-bond acceptors (Lipinski definition) is 4. The van der Waals surface area contributed by atoms with E-state index in [1.54, 1.807) is 11.8 Å². The molecule has 0 spiro atoms. The molecule has 4 heteroatoms. The number of rotatable bonds is 4. The summed E-state index contributed by atoms with van der Waals surface area (Å²) in [4.78, 5) is 17.0. The summed E-state index contributed by atoms with van der Waals surface area (Å²) < 4.78 is 0. The zero-order valence-electron chi connectivity index (χ0n) is 12.6. The van der Waals surface area contributed by atoms with Gasteiger partial charge in [0, 0.05) is 28.6 Å². The van der Waals surface area contributed by atoms with Crippen LogP contribution in [0.15, 0.2) is 41.4 Å². The number of Topliss-reactive ketones (excluding diaryl/α,β-unsaturated/α-hetero) is 1. The fourth-order valence-corrected chi connectivity index (χ4v) is 2.31. The van der Waals surface area contributed by atoms with E-state index in [1.807, 2.05) is 37.4 Å². The third-order valence-corrected chi connectivity index (χ3v) is 3.79. The Morgan fingerprint density at radius 3 is 2.50 bits per heavy atom. The average Bonchev–Trinajstić information content (AvgIpc) is 2.53. The van der Waals surface area contributed by atoms with Gasteiger partial charge in [0.25, 0.3) is 0 Å². The summed E-state index contributed by atoms with van der Waals surface area (Å²) in [6.07, 6.45) is 4.66. The SMILES string of the molecule is CCCC(=O)c1ncc(C#Cc2ccc(SC)cc2)cc1O. The Bertz CT molecular complexity index is 727. The van der Waals surface area contributed by atoms with Crippen molar-refractivity contribution in [3.63, 3.8) is 0 Å². The summed E-state index contributed by atoms with van der Waals surface area (Å²) in [5.41, 5.74) is 1.60. The topological polar surface area (TPSA) is 50.2 Å². The largest absolute Gasteiger partial charge is 0.506 e. The maximum absolute atomic E-state index is 11.8. The van der Waals surface area contributed by atoms with Crippen LogP contribution in [0.25, 0.3) is 0 Å². The van der Waals surface area contributed by atoms with E-state index in [-0.39, 0.29) is 17.2 Å². The van der Waals surface area contributed by atoms with E-state index >= 15 is 0 Å². The molecule has 0 aliphatic rings. The standard InChI is InChI=1S/C18H17NO2S/c1-3-4-16(20)18-17(21)11-14(12-19-18)6-5-13-7-9-15(22-2)10-8-13/h7-12,21H,3-4H2,1-2H3. The van der Waals surface area contributed by atoms with Gasteiger partial charge in [0.05, 0.1) is 0 Å². The van der Waals surface area contributed by atoms with Gasteiger partial charge in [-0.1, -0.05) is 18.8 Å². The Balaban J connectivity index is 2.19. The maximum atomic E-state index is 11.8. The van der Waals surface area contributed by atoms with Gasteiger partial charge in [-0.2, -0.15) is 0 Å². The van der Waals surface area contributed by atoms with E-state index in [0.717, 1.165) is 12.0 Å². The molecule has 3 nitrogen and oxygen atoms in total. The Kier molecular flexibility index (Phi) is 5.62. The number of hydrogen-bond donors (Lipinski definition) is 1. The quantitative estimate of drug-likeness (QED) is 0.529. The van der Waals surface area contributed by atoms with Gasteiger partial charge in [0.2, 0.25) is 0 Å². The number of carbonyl (C=O) groups is 1. The van der Waals surface area contributed by atoms with Crippen molar-refractivity contribution in [2.45, 2.75) is 24.7 Å². The molecule has 1 N–H and O–H groups in total. The Morgan fingerprint density at radius 2 is 1.91 bits per heavy atom. The lowest BCUT2D eigenvalue weighted by atomic mass is 10.1. The molecule has 22 heavy (non-hydrogen) atoms. The second-order valence-electron chi connectivity index (χ2n) is 4.74. The van der Waals surface area contributed by atoms with Gasteiger partial charge in [-0.25, -0.2) is 4.98 Å². The number of nitrogens with zero attached hydrogens (tertiary/aromatic N) is 1. The molecule has 0 fully saturated rings. The van der Waals surface area contributed by atoms with Crippen LogP contribution in [0.1, 0.15) is 41.4 Å². The predicted octanol–water partition coefficient (Wildman–Crippen LogP) is 3.89. The number of aromatic hydroxyl groups is 1. The normalized spacial score (nSPS) is 9.91. The molecule has 1 heterocycles. The fourth-order valence-electron chi connectivity index (χ4n) is 1.90. The highest BCUT2D eigenvalue weighted by Gasteiger charge is 2.11. The maximum Gasteiger partial charge on any atom is 0.184 e. The van der Waals surface area contributed by atoms with Crippen molar-refractivity contribution in [1.82, 2.24) is 4.98 Å². The van der Waals surface area contributed by atoms with Gasteiger partial charge in [-0.15, -0.1) is 11.8 Å². The molecule has 2 rings (SSSR count). The second kappa shape index (κ2) is 7.67. The lowest BCUT2D eigenvalue weighted by Crippen LogP contribution is -2.02. The lowest BCUT2D eigenvalue weighted by molar-refractivity contribution is 0.0974. The Hall–Kier alpha value is -2.25. The number of benzene rings is 1. The van der Waals surface area contributed by atoms with Crippen LogP contribution >= 0.6 is 11.8 Å². The average molecular weight is 311 g/mol. The van der Waals surface area contributed by atoms with E-state index in [2.05, 4.69) is 16.8 Å². The first-order chi connectivity index (χ1) is 10.6. The molecule has 2 aromatic rings. The molecule has 0 bridgehead atoms. The van der Waals surface area contributed by atoms with Crippen LogP contribution in [0.2, 0.25) is 0 Å². The van der Waals surface area contributed by atoms with Gasteiger partial charge < -0.3 is 5.11 Å². The van der Waals surface area contributed by atoms with E-state index < -0.39 is 0 Å². The summed E-state index contributed by atoms with van der Waals surface area (Å²) in [5.74, 6) is 5.71. The van der Waals surface area contributed by atoms with Gasteiger partial charge in [-0.05, 0) is 43.0 Å². The van der Waals surface area contributed by atoms with Gasteiger partial charge in [-0.3, -0.25) is 4.79 Å². The van der Waals surface area contributed by atoms with Crippen LogP contribution in [-0.4, -0.2) is 22.1 Å². The third-order valence-electron chi connectivity index (χ3n) is 3.05. The molecule has 0 saturated heterocycles. The molecule has 0 unspecified atom stereocenters. The van der Waals surface area contributed by atoms with Crippen LogP contribution in [0.4, 0.5) is 0 Å². The van der Waals surface area contributed by atoms with Crippen molar-refractivity contribution in [3.8, 4) is 17.6 Å². The van der Waals surface area contributed by atoms with Crippen molar-refractivity contribution >= 4 is 17.5 Å². The minimum Gasteiger partial charge on any atom is -0.506 e. The van der Waals surface area contributed by atoms with Crippen LogP contribution in [-0.2, 0) is 0 Å². The van der Waals surface area contributed by atoms with Crippen LogP contribution in [0, 0.1) is 11.8 Å². The van der Waals surface area contributed by atoms with Crippen molar-refractivity contribution in [1.29, 1.82) is 0 Å². The summed E-state index contributed by atoms with van der Waals surface area (Å²) in [5, 5.41) is 9.90. The Morgan fingerprint density at radius 1 is 1.23 bits per heavy atom.